The Morgan fingerprint density at radius 2 is 2.14 bits per heavy atom. The molecule has 1 aromatic carbocycles. The molecule has 1 fully saturated rings. The third kappa shape index (κ3) is 2.54. The molecule has 1 amide bonds. The molecule has 1 aromatic heterocycles. The predicted molar refractivity (Wildman–Crippen MR) is 84.5 cm³/mol. The predicted octanol–water partition coefficient (Wildman–Crippen LogP) is 3.18. The van der Waals surface area contributed by atoms with E-state index in [9.17, 15) is 4.79 Å². The Kier molecular flexibility index (Phi) is 4.29. The fraction of sp³-hybridized carbons (Fsp3) is 0.312. The number of benzene rings is 1. The maximum Gasteiger partial charge on any atom is 0.290 e. The van der Waals surface area contributed by atoms with Gasteiger partial charge in [0, 0.05) is 17.9 Å². The van der Waals surface area contributed by atoms with E-state index in [0.29, 0.717) is 23.8 Å². The standard InChI is InChI=1S/C16H17NO4S/c1-19-12-6-3-5-11(14(12)20-2)16-17(8-10-22-16)15(18)13-7-4-9-21-13/h3-7,9,16H,8,10H2,1-2H3/t16-/m0/s1. The first-order valence-corrected chi connectivity index (χ1v) is 7.98. The minimum absolute atomic E-state index is 0.107. The minimum Gasteiger partial charge on any atom is -0.493 e. The average molecular weight is 319 g/mol. The SMILES string of the molecule is COc1cccc([C@@H]2SCCN2C(=O)c2ccco2)c1OC. The molecular weight excluding hydrogens is 302 g/mol. The number of carbonyl (C=O) groups excluding carboxylic acids is 1. The zero-order valence-corrected chi connectivity index (χ0v) is 13.3. The monoisotopic (exact) mass is 319 g/mol. The molecule has 5 nitrogen and oxygen atoms in total. The summed E-state index contributed by atoms with van der Waals surface area (Å²) in [5.74, 6) is 2.45. The normalized spacial score (nSPS) is 17.5. The van der Waals surface area contributed by atoms with E-state index in [1.165, 1.54) is 6.26 Å². The quantitative estimate of drug-likeness (QED) is 0.866. The van der Waals surface area contributed by atoms with Crippen molar-refractivity contribution < 1.29 is 18.7 Å². The van der Waals surface area contributed by atoms with Gasteiger partial charge in [-0.15, -0.1) is 11.8 Å². The molecular formula is C16H17NO4S. The van der Waals surface area contributed by atoms with Gasteiger partial charge in [0.15, 0.2) is 17.3 Å². The summed E-state index contributed by atoms with van der Waals surface area (Å²) in [6, 6.07) is 9.13. The third-order valence-corrected chi connectivity index (χ3v) is 4.83. The highest BCUT2D eigenvalue weighted by molar-refractivity contribution is 7.99. The van der Waals surface area contributed by atoms with Crippen molar-refractivity contribution in [2.24, 2.45) is 0 Å². The number of methoxy groups -OCH3 is 2. The zero-order chi connectivity index (χ0) is 15.5. The van der Waals surface area contributed by atoms with Crippen LogP contribution in [0.2, 0.25) is 0 Å². The topological polar surface area (TPSA) is 51.9 Å². The van der Waals surface area contributed by atoms with Gasteiger partial charge < -0.3 is 18.8 Å². The van der Waals surface area contributed by atoms with Gasteiger partial charge >= 0.3 is 0 Å². The smallest absolute Gasteiger partial charge is 0.290 e. The number of furan rings is 1. The van der Waals surface area contributed by atoms with Gasteiger partial charge in [-0.2, -0.15) is 0 Å². The Bertz CT molecular complexity index is 656. The molecule has 3 rings (SSSR count). The fourth-order valence-corrected chi connectivity index (χ4v) is 3.86. The van der Waals surface area contributed by atoms with Gasteiger partial charge in [-0.25, -0.2) is 0 Å². The minimum atomic E-state index is -0.109. The summed E-state index contributed by atoms with van der Waals surface area (Å²) in [5.41, 5.74) is 0.934. The van der Waals surface area contributed by atoms with E-state index in [1.807, 2.05) is 18.2 Å². The molecule has 0 radical (unpaired) electrons. The first kappa shape index (κ1) is 14.8. The van der Waals surface area contributed by atoms with Gasteiger partial charge in [0.25, 0.3) is 5.91 Å². The van der Waals surface area contributed by atoms with Gasteiger partial charge in [-0.1, -0.05) is 12.1 Å². The Morgan fingerprint density at radius 3 is 2.82 bits per heavy atom. The molecule has 2 aromatic rings. The summed E-state index contributed by atoms with van der Waals surface area (Å²) >= 11 is 1.71. The molecule has 6 heteroatoms. The number of hydrogen-bond acceptors (Lipinski definition) is 5. The summed E-state index contributed by atoms with van der Waals surface area (Å²) < 4.78 is 16.1. The molecule has 0 saturated carbocycles. The molecule has 0 N–H and O–H groups in total. The van der Waals surface area contributed by atoms with Crippen molar-refractivity contribution in [3.63, 3.8) is 0 Å². The number of hydrogen-bond donors (Lipinski definition) is 0. The van der Waals surface area contributed by atoms with Gasteiger partial charge in [0.05, 0.1) is 20.5 Å². The molecule has 1 atom stereocenters. The van der Waals surface area contributed by atoms with E-state index in [1.54, 1.807) is 43.0 Å². The van der Waals surface area contributed by atoms with E-state index in [4.69, 9.17) is 13.9 Å². The second-order valence-electron chi connectivity index (χ2n) is 4.78. The Balaban J connectivity index is 1.95. The van der Waals surface area contributed by atoms with E-state index in [0.717, 1.165) is 11.3 Å². The zero-order valence-electron chi connectivity index (χ0n) is 12.4. The van der Waals surface area contributed by atoms with Crippen LogP contribution in [0.25, 0.3) is 0 Å². The number of thioether (sulfide) groups is 1. The van der Waals surface area contributed by atoms with Crippen LogP contribution in [-0.4, -0.2) is 37.3 Å². The van der Waals surface area contributed by atoms with Crippen molar-refractivity contribution in [3.05, 3.63) is 47.9 Å². The van der Waals surface area contributed by atoms with Crippen molar-refractivity contribution in [2.75, 3.05) is 26.5 Å². The Morgan fingerprint density at radius 1 is 1.27 bits per heavy atom. The highest BCUT2D eigenvalue weighted by Crippen LogP contribution is 2.45. The maximum absolute atomic E-state index is 12.6. The summed E-state index contributed by atoms with van der Waals surface area (Å²) in [6.07, 6.45) is 1.51. The van der Waals surface area contributed by atoms with E-state index >= 15 is 0 Å². The Hall–Kier alpha value is -2.08. The Labute approximate surface area is 133 Å². The summed E-state index contributed by atoms with van der Waals surface area (Å²) in [4.78, 5) is 14.4. The molecule has 0 bridgehead atoms. The van der Waals surface area contributed by atoms with Gasteiger partial charge in [-0.3, -0.25) is 4.79 Å². The van der Waals surface area contributed by atoms with Gasteiger partial charge in [-0.05, 0) is 18.2 Å². The molecule has 0 aliphatic carbocycles. The lowest BCUT2D eigenvalue weighted by Crippen LogP contribution is -2.30. The van der Waals surface area contributed by atoms with Crippen LogP contribution >= 0.6 is 11.8 Å². The highest BCUT2D eigenvalue weighted by Gasteiger charge is 2.34. The van der Waals surface area contributed by atoms with Crippen LogP contribution in [0.15, 0.2) is 41.0 Å². The number of rotatable bonds is 4. The lowest BCUT2D eigenvalue weighted by atomic mass is 10.1. The molecule has 1 aliphatic heterocycles. The fourth-order valence-electron chi connectivity index (χ4n) is 2.58. The first-order chi connectivity index (χ1) is 10.8. The lowest BCUT2D eigenvalue weighted by molar-refractivity contribution is 0.0727. The molecule has 1 saturated heterocycles. The summed E-state index contributed by atoms with van der Waals surface area (Å²) in [5, 5.41) is -0.109. The van der Waals surface area contributed by atoms with Gasteiger partial charge in [0.1, 0.15) is 5.37 Å². The summed E-state index contributed by atoms with van der Waals surface area (Å²) in [7, 11) is 3.22. The van der Waals surface area contributed by atoms with E-state index in [-0.39, 0.29) is 11.3 Å². The van der Waals surface area contributed by atoms with Crippen molar-refractivity contribution in [2.45, 2.75) is 5.37 Å². The molecule has 2 heterocycles. The second kappa shape index (κ2) is 6.36. The van der Waals surface area contributed by atoms with E-state index in [2.05, 4.69) is 0 Å². The molecule has 0 unspecified atom stereocenters. The van der Waals surface area contributed by atoms with Crippen molar-refractivity contribution in [1.82, 2.24) is 4.90 Å². The van der Waals surface area contributed by atoms with Crippen molar-refractivity contribution >= 4 is 17.7 Å². The summed E-state index contributed by atoms with van der Waals surface area (Å²) in [6.45, 7) is 0.676. The number of carbonyl (C=O) groups is 1. The van der Waals surface area contributed by atoms with Crippen LogP contribution in [-0.2, 0) is 0 Å². The van der Waals surface area contributed by atoms with Crippen molar-refractivity contribution in [3.8, 4) is 11.5 Å². The number of ether oxygens (including phenoxy) is 2. The number of amides is 1. The van der Waals surface area contributed by atoms with Crippen molar-refractivity contribution in [1.29, 1.82) is 0 Å². The van der Waals surface area contributed by atoms with Crippen LogP contribution < -0.4 is 9.47 Å². The lowest BCUT2D eigenvalue weighted by Gasteiger charge is -2.25. The average Bonchev–Trinajstić information content (AvgIpc) is 3.24. The maximum atomic E-state index is 12.6. The van der Waals surface area contributed by atoms with Crippen LogP contribution in [0.5, 0.6) is 11.5 Å². The largest absolute Gasteiger partial charge is 0.493 e. The second-order valence-corrected chi connectivity index (χ2v) is 5.97. The number of para-hydroxylation sites is 1. The highest BCUT2D eigenvalue weighted by atomic mass is 32.2. The van der Waals surface area contributed by atoms with Crippen LogP contribution in [0.1, 0.15) is 21.5 Å². The molecule has 116 valence electrons. The number of nitrogens with zero attached hydrogens (tertiary/aromatic N) is 1. The molecule has 1 aliphatic rings. The third-order valence-electron chi connectivity index (χ3n) is 3.58. The molecule has 0 spiro atoms. The first-order valence-electron chi connectivity index (χ1n) is 6.93. The van der Waals surface area contributed by atoms with E-state index < -0.39 is 0 Å². The molecule has 22 heavy (non-hydrogen) atoms. The van der Waals surface area contributed by atoms with Crippen LogP contribution in [0.3, 0.4) is 0 Å². The van der Waals surface area contributed by atoms with Gasteiger partial charge in [0.2, 0.25) is 0 Å². The van der Waals surface area contributed by atoms with Crippen LogP contribution in [0, 0.1) is 0 Å². The van der Waals surface area contributed by atoms with Crippen LogP contribution in [0.4, 0.5) is 0 Å².